The van der Waals surface area contributed by atoms with Crippen molar-refractivity contribution in [3.8, 4) is 0 Å². The summed E-state index contributed by atoms with van der Waals surface area (Å²) in [6.07, 6.45) is -2.96. The van der Waals surface area contributed by atoms with Gasteiger partial charge in [-0.15, -0.1) is 0 Å². The first-order valence-electron chi connectivity index (χ1n) is 5.51. The molecule has 0 radical (unpaired) electrons. The van der Waals surface area contributed by atoms with E-state index in [0.717, 1.165) is 0 Å². The number of fused-ring (bicyclic) bond motifs is 1. The molecule has 0 saturated heterocycles. The summed E-state index contributed by atoms with van der Waals surface area (Å²) in [5.74, 6) is -0.405. The van der Waals surface area contributed by atoms with Gasteiger partial charge >= 0.3 is 6.09 Å². The van der Waals surface area contributed by atoms with Crippen LogP contribution in [0.3, 0.4) is 0 Å². The Kier molecular flexibility index (Phi) is 3.20. The van der Waals surface area contributed by atoms with E-state index in [2.05, 4.69) is 0 Å². The number of benzene rings is 1. The minimum atomic E-state index is -1.06. The summed E-state index contributed by atoms with van der Waals surface area (Å²) in [5.41, 5.74) is 6.15. The van der Waals surface area contributed by atoms with Crippen LogP contribution in [-0.2, 0) is 9.53 Å². The van der Waals surface area contributed by atoms with Crippen molar-refractivity contribution in [1.29, 1.82) is 0 Å². The average molecular weight is 250 g/mol. The lowest BCUT2D eigenvalue weighted by molar-refractivity contribution is -0.127. The van der Waals surface area contributed by atoms with Crippen molar-refractivity contribution in [2.24, 2.45) is 5.73 Å². The van der Waals surface area contributed by atoms with Gasteiger partial charge in [0, 0.05) is 24.7 Å². The van der Waals surface area contributed by atoms with E-state index in [1.54, 1.807) is 31.3 Å². The Labute approximate surface area is 104 Å². The van der Waals surface area contributed by atoms with Crippen molar-refractivity contribution in [3.05, 3.63) is 29.8 Å². The van der Waals surface area contributed by atoms with Crippen LogP contribution >= 0.6 is 0 Å². The number of aliphatic hydroxyl groups excluding tert-OH is 1. The molecule has 96 valence electrons. The third-order valence-electron chi connectivity index (χ3n) is 2.96. The maximum Gasteiger partial charge on any atom is 0.405 e. The molecule has 1 heterocycles. The zero-order chi connectivity index (χ0) is 13.3. The number of ether oxygens (including phenoxy) is 1. The first-order chi connectivity index (χ1) is 8.50. The van der Waals surface area contributed by atoms with Gasteiger partial charge in [0.2, 0.25) is 0 Å². The van der Waals surface area contributed by atoms with Gasteiger partial charge in [-0.25, -0.2) is 4.79 Å². The van der Waals surface area contributed by atoms with Crippen LogP contribution in [0.5, 0.6) is 0 Å². The predicted molar refractivity (Wildman–Crippen MR) is 63.9 cm³/mol. The fourth-order valence-corrected chi connectivity index (χ4v) is 2.08. The highest BCUT2D eigenvalue weighted by Gasteiger charge is 2.34. The second-order valence-electron chi connectivity index (χ2n) is 4.13. The number of likely N-dealkylation sites (N-methyl/N-ethyl adjacent to an activating group) is 1. The van der Waals surface area contributed by atoms with E-state index in [4.69, 9.17) is 10.5 Å². The molecule has 0 fully saturated rings. The smallest absolute Gasteiger partial charge is 0.405 e. The molecule has 1 aliphatic rings. The van der Waals surface area contributed by atoms with Crippen LogP contribution in [0, 0.1) is 0 Å². The van der Waals surface area contributed by atoms with Crippen LogP contribution in [0.15, 0.2) is 24.3 Å². The number of carbonyl (C=O) groups excluding carboxylic acids is 2. The fourth-order valence-electron chi connectivity index (χ4n) is 2.08. The molecule has 6 nitrogen and oxygen atoms in total. The molecule has 2 atom stereocenters. The molecule has 18 heavy (non-hydrogen) atoms. The second kappa shape index (κ2) is 4.66. The highest BCUT2D eigenvalue weighted by atomic mass is 16.6. The number of amides is 2. The molecule has 2 rings (SSSR count). The number of nitrogens with zero attached hydrogens (tertiary/aromatic N) is 1. The zero-order valence-electron chi connectivity index (χ0n) is 9.87. The minimum Gasteiger partial charge on any atom is -0.436 e. The van der Waals surface area contributed by atoms with Gasteiger partial charge in [0.05, 0.1) is 6.10 Å². The molecular weight excluding hydrogens is 236 g/mol. The molecule has 0 saturated carbocycles. The van der Waals surface area contributed by atoms with Gasteiger partial charge < -0.3 is 20.5 Å². The lowest BCUT2D eigenvalue weighted by Gasteiger charge is -2.20. The second-order valence-corrected chi connectivity index (χ2v) is 4.13. The first kappa shape index (κ1) is 12.4. The highest BCUT2D eigenvalue weighted by molar-refractivity contribution is 5.98. The Hall–Kier alpha value is -2.08. The zero-order valence-corrected chi connectivity index (χ0v) is 9.87. The monoisotopic (exact) mass is 250 g/mol. The maximum absolute atomic E-state index is 12.1. The van der Waals surface area contributed by atoms with Crippen molar-refractivity contribution < 1.29 is 19.4 Å². The van der Waals surface area contributed by atoms with Gasteiger partial charge in [0.15, 0.2) is 6.10 Å². The molecule has 3 N–H and O–H groups in total. The predicted octanol–water partition coefficient (Wildman–Crippen LogP) is 0.550. The third kappa shape index (κ3) is 2.14. The SMILES string of the molecule is CN1C(=O)C(OC(N)=O)CC(O)c2ccccc21. The number of anilines is 1. The normalized spacial score (nSPS) is 23.2. The molecule has 0 aromatic heterocycles. The molecule has 0 aliphatic carbocycles. The standard InChI is InChI=1S/C12H14N2O4/c1-14-8-5-3-2-4-7(8)9(15)6-10(11(14)16)18-12(13)17/h2-5,9-10,15H,6H2,1H3,(H2,13,17). The Balaban J connectivity index is 2.38. The van der Waals surface area contributed by atoms with Crippen LogP contribution in [0.1, 0.15) is 18.1 Å². The van der Waals surface area contributed by atoms with E-state index < -0.39 is 24.2 Å². The van der Waals surface area contributed by atoms with Gasteiger partial charge in [-0.2, -0.15) is 0 Å². The molecule has 6 heteroatoms. The summed E-state index contributed by atoms with van der Waals surface area (Å²) >= 11 is 0. The van der Waals surface area contributed by atoms with Gasteiger partial charge in [-0.1, -0.05) is 18.2 Å². The highest BCUT2D eigenvalue weighted by Crippen LogP contribution is 2.33. The van der Waals surface area contributed by atoms with Crippen LogP contribution < -0.4 is 10.6 Å². The van der Waals surface area contributed by atoms with Crippen LogP contribution in [0.2, 0.25) is 0 Å². The van der Waals surface area contributed by atoms with E-state index in [9.17, 15) is 14.7 Å². The lowest BCUT2D eigenvalue weighted by atomic mass is 10.0. The largest absolute Gasteiger partial charge is 0.436 e. The third-order valence-corrected chi connectivity index (χ3v) is 2.96. The maximum atomic E-state index is 12.1. The molecule has 0 spiro atoms. The number of para-hydroxylation sites is 1. The van der Waals surface area contributed by atoms with Crippen molar-refractivity contribution in [1.82, 2.24) is 0 Å². The van der Waals surface area contributed by atoms with Gasteiger partial charge in [-0.3, -0.25) is 4.79 Å². The van der Waals surface area contributed by atoms with Crippen LogP contribution in [0.4, 0.5) is 10.5 Å². The summed E-state index contributed by atoms with van der Waals surface area (Å²) in [6.45, 7) is 0. The van der Waals surface area contributed by atoms with E-state index >= 15 is 0 Å². The fraction of sp³-hybridized carbons (Fsp3) is 0.333. The Morgan fingerprint density at radius 2 is 2.17 bits per heavy atom. The first-order valence-corrected chi connectivity index (χ1v) is 5.51. The molecule has 2 amide bonds. The molecule has 1 aliphatic heterocycles. The minimum absolute atomic E-state index is 0.00310. The summed E-state index contributed by atoms with van der Waals surface area (Å²) in [4.78, 5) is 24.2. The van der Waals surface area contributed by atoms with Crippen LogP contribution in [0.25, 0.3) is 0 Å². The Morgan fingerprint density at radius 1 is 1.50 bits per heavy atom. The molecular formula is C12H14N2O4. The average Bonchev–Trinajstić information content (AvgIpc) is 2.42. The van der Waals surface area contributed by atoms with Gasteiger partial charge in [-0.05, 0) is 6.07 Å². The molecule has 1 aromatic carbocycles. The number of rotatable bonds is 1. The van der Waals surface area contributed by atoms with Crippen molar-refractivity contribution in [2.75, 3.05) is 11.9 Å². The number of nitrogens with two attached hydrogens (primary N) is 1. The lowest BCUT2D eigenvalue weighted by Crippen LogP contribution is -2.39. The van der Waals surface area contributed by atoms with E-state index in [1.165, 1.54) is 4.90 Å². The summed E-state index contributed by atoms with van der Waals surface area (Å²) in [5, 5.41) is 10.0. The number of hydrogen-bond acceptors (Lipinski definition) is 4. The van der Waals surface area contributed by atoms with Crippen molar-refractivity contribution >= 4 is 17.7 Å². The van der Waals surface area contributed by atoms with Crippen molar-refractivity contribution in [2.45, 2.75) is 18.6 Å². The number of hydrogen-bond donors (Lipinski definition) is 2. The summed E-state index contributed by atoms with van der Waals surface area (Å²) in [7, 11) is 1.57. The van der Waals surface area contributed by atoms with Gasteiger partial charge in [0.25, 0.3) is 5.91 Å². The molecule has 2 unspecified atom stereocenters. The van der Waals surface area contributed by atoms with E-state index in [1.807, 2.05) is 0 Å². The topological polar surface area (TPSA) is 92.9 Å². The van der Waals surface area contributed by atoms with Gasteiger partial charge in [0.1, 0.15) is 0 Å². The quantitative estimate of drug-likeness (QED) is 0.761. The van der Waals surface area contributed by atoms with E-state index in [0.29, 0.717) is 11.3 Å². The summed E-state index contributed by atoms with van der Waals surface area (Å²) in [6, 6.07) is 7.00. The Bertz CT molecular complexity index is 489. The number of carbonyl (C=O) groups is 2. The Morgan fingerprint density at radius 3 is 2.83 bits per heavy atom. The van der Waals surface area contributed by atoms with Crippen LogP contribution in [-0.4, -0.2) is 30.3 Å². The van der Waals surface area contributed by atoms with E-state index in [-0.39, 0.29) is 6.42 Å². The van der Waals surface area contributed by atoms with Crippen molar-refractivity contribution in [3.63, 3.8) is 0 Å². The molecule has 1 aromatic rings. The molecule has 0 bridgehead atoms. The summed E-state index contributed by atoms with van der Waals surface area (Å²) < 4.78 is 4.74. The number of aliphatic hydroxyl groups is 1. The number of primary amides is 1.